The van der Waals surface area contributed by atoms with Crippen LogP contribution in [-0.2, 0) is 9.84 Å². The minimum Gasteiger partial charge on any atom is -0.344 e. The number of nitrogens with zero attached hydrogens (tertiary/aromatic N) is 5. The first-order chi connectivity index (χ1) is 14.2. The number of nitro benzene ring substituents is 1. The molecule has 1 amide bonds. The number of anilines is 1. The van der Waals surface area contributed by atoms with Gasteiger partial charge in [0.2, 0.25) is 0 Å². The van der Waals surface area contributed by atoms with E-state index in [9.17, 15) is 23.3 Å². The van der Waals surface area contributed by atoms with Gasteiger partial charge in [-0.15, -0.1) is 0 Å². The van der Waals surface area contributed by atoms with Crippen molar-refractivity contribution in [1.82, 2.24) is 14.9 Å². The molecule has 156 valence electrons. The molecule has 0 spiro atoms. The third kappa shape index (κ3) is 3.96. The quantitative estimate of drug-likeness (QED) is 0.439. The van der Waals surface area contributed by atoms with Crippen molar-refractivity contribution in [3.05, 3.63) is 52.2 Å². The largest absolute Gasteiger partial charge is 0.344 e. The first-order valence-corrected chi connectivity index (χ1v) is 11.7. The van der Waals surface area contributed by atoms with Crippen molar-refractivity contribution in [2.75, 3.05) is 37.3 Å². The molecule has 0 aliphatic carbocycles. The number of piperazine rings is 1. The fourth-order valence-corrected chi connectivity index (χ4v) is 4.84. The van der Waals surface area contributed by atoms with Crippen LogP contribution < -0.4 is 4.90 Å². The van der Waals surface area contributed by atoms with Crippen LogP contribution in [0.5, 0.6) is 0 Å². The molecule has 0 N–H and O–H groups in total. The number of nitro groups is 1. The van der Waals surface area contributed by atoms with E-state index in [1.54, 1.807) is 11.1 Å². The zero-order valence-corrected chi connectivity index (χ0v) is 17.5. The van der Waals surface area contributed by atoms with Crippen LogP contribution in [0.25, 0.3) is 10.3 Å². The minimum atomic E-state index is -3.70. The molecule has 0 atom stereocenters. The van der Waals surface area contributed by atoms with Crippen LogP contribution in [0.2, 0.25) is 0 Å². The number of pyridine rings is 1. The van der Waals surface area contributed by atoms with Gasteiger partial charge in [-0.05, 0) is 18.2 Å². The summed E-state index contributed by atoms with van der Waals surface area (Å²) in [5.41, 5.74) is 0.380. The summed E-state index contributed by atoms with van der Waals surface area (Å²) in [4.78, 5) is 36.5. The van der Waals surface area contributed by atoms with Crippen molar-refractivity contribution in [2.24, 2.45) is 0 Å². The average Bonchev–Trinajstić information content (AvgIpc) is 3.16. The highest BCUT2D eigenvalue weighted by atomic mass is 32.2. The molecule has 0 unspecified atom stereocenters. The van der Waals surface area contributed by atoms with Gasteiger partial charge in [0.25, 0.3) is 11.6 Å². The van der Waals surface area contributed by atoms with E-state index >= 15 is 0 Å². The normalized spacial score (nSPS) is 14.8. The predicted octanol–water partition coefficient (Wildman–Crippen LogP) is 1.97. The molecule has 30 heavy (non-hydrogen) atoms. The van der Waals surface area contributed by atoms with E-state index in [1.165, 1.54) is 17.4 Å². The third-order valence-corrected chi connectivity index (χ3v) is 6.90. The Bertz CT molecular complexity index is 1220. The summed E-state index contributed by atoms with van der Waals surface area (Å²) >= 11 is 1.48. The maximum atomic E-state index is 12.9. The first-order valence-electron chi connectivity index (χ1n) is 8.98. The average molecular weight is 447 g/mol. The Labute approximate surface area is 175 Å². The second kappa shape index (κ2) is 7.61. The van der Waals surface area contributed by atoms with Crippen LogP contribution >= 0.6 is 11.3 Å². The molecule has 1 aliphatic rings. The third-order valence-electron chi connectivity index (χ3n) is 4.77. The maximum Gasteiger partial charge on any atom is 0.271 e. The SMILES string of the molecule is CS(=O)(=O)c1cc(C(=O)N2CCN(c3nc4cccnc4s3)CC2)cc([N+](=O)[O-])c1. The Hall–Kier alpha value is -3.12. The number of hydrogen-bond acceptors (Lipinski definition) is 9. The topological polar surface area (TPSA) is 127 Å². The Kier molecular flexibility index (Phi) is 5.12. The lowest BCUT2D eigenvalue weighted by molar-refractivity contribution is -0.385. The van der Waals surface area contributed by atoms with E-state index in [1.807, 2.05) is 12.1 Å². The number of rotatable bonds is 4. The fraction of sp³-hybridized carbons (Fsp3) is 0.278. The van der Waals surface area contributed by atoms with Crippen molar-refractivity contribution in [3.63, 3.8) is 0 Å². The smallest absolute Gasteiger partial charge is 0.271 e. The van der Waals surface area contributed by atoms with Gasteiger partial charge in [-0.3, -0.25) is 14.9 Å². The number of thiazole rings is 1. The number of aromatic nitrogens is 2. The second-order valence-corrected chi connectivity index (χ2v) is 9.82. The van der Waals surface area contributed by atoms with E-state index in [4.69, 9.17) is 0 Å². The lowest BCUT2D eigenvalue weighted by Gasteiger charge is -2.34. The van der Waals surface area contributed by atoms with Crippen LogP contribution in [0.3, 0.4) is 0 Å². The van der Waals surface area contributed by atoms with Crippen LogP contribution in [0.1, 0.15) is 10.4 Å². The minimum absolute atomic E-state index is 0.0118. The lowest BCUT2D eigenvalue weighted by atomic mass is 10.1. The molecule has 4 rings (SSSR count). The van der Waals surface area contributed by atoms with Gasteiger partial charge in [-0.2, -0.15) is 0 Å². The number of benzene rings is 1. The van der Waals surface area contributed by atoms with E-state index in [2.05, 4.69) is 14.9 Å². The van der Waals surface area contributed by atoms with Gasteiger partial charge in [0.05, 0.1) is 9.82 Å². The number of fused-ring (bicyclic) bond motifs is 1. The molecule has 0 radical (unpaired) electrons. The second-order valence-electron chi connectivity index (χ2n) is 6.85. The fourth-order valence-electron chi connectivity index (χ4n) is 3.20. The van der Waals surface area contributed by atoms with Gasteiger partial charge in [-0.25, -0.2) is 18.4 Å². The summed E-state index contributed by atoms with van der Waals surface area (Å²) in [7, 11) is -3.70. The Balaban J connectivity index is 1.53. The van der Waals surface area contributed by atoms with Crippen molar-refractivity contribution in [2.45, 2.75) is 4.90 Å². The van der Waals surface area contributed by atoms with Gasteiger partial charge < -0.3 is 9.80 Å². The summed E-state index contributed by atoms with van der Waals surface area (Å²) in [5, 5.41) is 12.0. The molecule has 1 aromatic carbocycles. The molecular weight excluding hydrogens is 430 g/mol. The van der Waals surface area contributed by atoms with Crippen LogP contribution in [0.4, 0.5) is 10.8 Å². The molecule has 3 heterocycles. The molecule has 3 aromatic rings. The highest BCUT2D eigenvalue weighted by Crippen LogP contribution is 2.28. The zero-order valence-electron chi connectivity index (χ0n) is 15.9. The maximum absolute atomic E-state index is 12.9. The summed E-state index contributed by atoms with van der Waals surface area (Å²) < 4.78 is 23.7. The molecule has 1 aliphatic heterocycles. The van der Waals surface area contributed by atoms with Crippen molar-refractivity contribution in [1.29, 1.82) is 0 Å². The van der Waals surface area contributed by atoms with Gasteiger partial charge in [0, 0.05) is 56.3 Å². The number of hydrogen-bond donors (Lipinski definition) is 0. The number of amides is 1. The molecule has 2 aromatic heterocycles. The van der Waals surface area contributed by atoms with Gasteiger partial charge in [0.1, 0.15) is 10.3 Å². The number of carbonyl (C=O) groups excluding carboxylic acids is 1. The van der Waals surface area contributed by atoms with Crippen molar-refractivity contribution in [3.8, 4) is 0 Å². The summed E-state index contributed by atoms with van der Waals surface area (Å²) in [6.45, 7) is 1.86. The van der Waals surface area contributed by atoms with Gasteiger partial charge in [-0.1, -0.05) is 11.3 Å². The zero-order chi connectivity index (χ0) is 21.5. The standard InChI is InChI=1S/C18H17N5O5S2/c1-30(27,28)14-10-12(9-13(11-14)23(25)26)17(24)21-5-7-22(8-6-21)18-20-15-3-2-4-19-16(15)29-18/h2-4,9-11H,5-8H2,1H3. The molecule has 12 heteroatoms. The molecule has 1 fully saturated rings. The van der Waals surface area contributed by atoms with Crippen LogP contribution in [0, 0.1) is 10.1 Å². The van der Waals surface area contributed by atoms with Gasteiger partial charge in [0.15, 0.2) is 15.0 Å². The van der Waals surface area contributed by atoms with Gasteiger partial charge >= 0.3 is 0 Å². The predicted molar refractivity (Wildman–Crippen MR) is 112 cm³/mol. The monoisotopic (exact) mass is 447 g/mol. The number of sulfone groups is 1. The molecule has 0 bridgehead atoms. The van der Waals surface area contributed by atoms with E-state index in [-0.39, 0.29) is 10.5 Å². The van der Waals surface area contributed by atoms with E-state index in [0.29, 0.717) is 26.2 Å². The number of carbonyl (C=O) groups is 1. The molecule has 1 saturated heterocycles. The number of non-ortho nitro benzene ring substituents is 1. The lowest BCUT2D eigenvalue weighted by Crippen LogP contribution is -2.48. The van der Waals surface area contributed by atoms with E-state index < -0.39 is 26.4 Å². The summed E-state index contributed by atoms with van der Waals surface area (Å²) in [5.74, 6) is -0.436. The van der Waals surface area contributed by atoms with Crippen LogP contribution in [0.15, 0.2) is 41.4 Å². The van der Waals surface area contributed by atoms with Crippen molar-refractivity contribution < 1.29 is 18.1 Å². The molecule has 10 nitrogen and oxygen atoms in total. The summed E-state index contributed by atoms with van der Waals surface area (Å²) in [6, 6.07) is 6.99. The Morgan fingerprint density at radius 1 is 1.20 bits per heavy atom. The highest BCUT2D eigenvalue weighted by molar-refractivity contribution is 7.90. The highest BCUT2D eigenvalue weighted by Gasteiger charge is 2.26. The summed E-state index contributed by atoms with van der Waals surface area (Å²) in [6.07, 6.45) is 2.66. The molecule has 0 saturated carbocycles. The van der Waals surface area contributed by atoms with E-state index in [0.717, 1.165) is 33.9 Å². The van der Waals surface area contributed by atoms with Crippen molar-refractivity contribution >= 4 is 48.2 Å². The molecular formula is C18H17N5O5S2. The Morgan fingerprint density at radius 2 is 1.93 bits per heavy atom. The van der Waals surface area contributed by atoms with Crippen LogP contribution in [-0.4, -0.2) is 66.6 Å². The Morgan fingerprint density at radius 3 is 2.57 bits per heavy atom. The first kappa shape index (κ1) is 20.2.